The zero-order chi connectivity index (χ0) is 21.0. The number of carbonyl (C=O) groups is 1. The van der Waals surface area contributed by atoms with Gasteiger partial charge in [-0.1, -0.05) is 36.7 Å². The summed E-state index contributed by atoms with van der Waals surface area (Å²) in [5, 5.41) is 0.513. The third-order valence-electron chi connectivity index (χ3n) is 5.18. The van der Waals surface area contributed by atoms with E-state index in [1.807, 2.05) is 11.0 Å². The van der Waals surface area contributed by atoms with E-state index < -0.39 is 10.0 Å². The van der Waals surface area contributed by atoms with Gasteiger partial charge >= 0.3 is 0 Å². The molecular formula is C21H26ClN3O3S. The number of piperazine rings is 1. The average molecular weight is 436 g/mol. The minimum atomic E-state index is -3.52. The lowest BCUT2D eigenvalue weighted by atomic mass is 10.1. The second-order valence-corrected chi connectivity index (χ2v) is 9.45. The summed E-state index contributed by atoms with van der Waals surface area (Å²) >= 11 is 6.20. The number of hydrogen-bond donors (Lipinski definition) is 0. The summed E-state index contributed by atoms with van der Waals surface area (Å²) < 4.78 is 26.0. The van der Waals surface area contributed by atoms with E-state index in [4.69, 9.17) is 11.6 Å². The number of hydrogen-bond acceptors (Lipinski definition) is 4. The number of likely N-dealkylation sites (N-methyl/N-ethyl adjacent to an activating group) is 1. The highest BCUT2D eigenvalue weighted by Gasteiger charge is 2.23. The quantitative estimate of drug-likeness (QED) is 0.699. The van der Waals surface area contributed by atoms with Crippen LogP contribution >= 0.6 is 11.6 Å². The molecular weight excluding hydrogens is 410 g/mol. The number of rotatable bonds is 6. The van der Waals surface area contributed by atoms with Gasteiger partial charge in [-0.15, -0.1) is 0 Å². The summed E-state index contributed by atoms with van der Waals surface area (Å²) in [6.45, 7) is 6.40. The van der Waals surface area contributed by atoms with Crippen molar-refractivity contribution in [3.05, 3.63) is 64.7 Å². The van der Waals surface area contributed by atoms with Gasteiger partial charge in [0.1, 0.15) is 0 Å². The lowest BCUT2D eigenvalue weighted by Crippen LogP contribution is -2.48. The van der Waals surface area contributed by atoms with Crippen molar-refractivity contribution in [3.8, 4) is 0 Å². The van der Waals surface area contributed by atoms with Crippen LogP contribution < -0.4 is 4.31 Å². The van der Waals surface area contributed by atoms with Crippen LogP contribution in [0.15, 0.2) is 48.5 Å². The normalized spacial score (nSPS) is 15.3. The maximum Gasteiger partial charge on any atom is 0.253 e. The molecule has 29 heavy (non-hydrogen) atoms. The highest BCUT2D eigenvalue weighted by atomic mass is 35.5. The van der Waals surface area contributed by atoms with Crippen molar-refractivity contribution in [1.82, 2.24) is 9.80 Å². The Morgan fingerprint density at radius 1 is 1.03 bits per heavy atom. The van der Waals surface area contributed by atoms with E-state index in [1.165, 1.54) is 4.31 Å². The average Bonchev–Trinajstić information content (AvgIpc) is 2.72. The molecule has 0 unspecified atom stereocenters. The Bertz CT molecular complexity index is 955. The fourth-order valence-corrected chi connectivity index (χ4v) is 4.48. The number of benzene rings is 2. The van der Waals surface area contributed by atoms with Gasteiger partial charge in [-0.3, -0.25) is 9.10 Å². The van der Waals surface area contributed by atoms with Crippen LogP contribution in [0.3, 0.4) is 0 Å². The SMILES string of the molecule is CCN1CCN(C(=O)c2ccc(N(Cc3ccccc3Cl)S(C)(=O)=O)cc2)CC1. The Kier molecular flexibility index (Phi) is 6.82. The van der Waals surface area contributed by atoms with Gasteiger partial charge in [0.15, 0.2) is 0 Å². The topological polar surface area (TPSA) is 60.9 Å². The van der Waals surface area contributed by atoms with Gasteiger partial charge in [0.05, 0.1) is 18.5 Å². The van der Waals surface area contributed by atoms with Gasteiger partial charge in [0.2, 0.25) is 10.0 Å². The van der Waals surface area contributed by atoms with Gasteiger partial charge in [0.25, 0.3) is 5.91 Å². The molecule has 1 heterocycles. The Hall–Kier alpha value is -2.09. The Morgan fingerprint density at radius 2 is 1.66 bits per heavy atom. The van der Waals surface area contributed by atoms with Gasteiger partial charge in [-0.2, -0.15) is 0 Å². The van der Waals surface area contributed by atoms with Crippen LogP contribution in [0, 0.1) is 0 Å². The Labute approximate surface area is 177 Å². The summed E-state index contributed by atoms with van der Waals surface area (Å²) in [5.41, 5.74) is 1.78. The zero-order valence-corrected chi connectivity index (χ0v) is 18.3. The molecule has 0 aromatic heterocycles. The molecule has 1 saturated heterocycles. The van der Waals surface area contributed by atoms with Gasteiger partial charge in [0, 0.05) is 36.8 Å². The number of sulfonamides is 1. The molecule has 0 N–H and O–H groups in total. The second-order valence-electron chi connectivity index (χ2n) is 7.13. The maximum absolute atomic E-state index is 12.8. The molecule has 1 amide bonds. The lowest BCUT2D eigenvalue weighted by Gasteiger charge is -2.34. The predicted octanol–water partition coefficient (Wildman–Crippen LogP) is 3.08. The minimum absolute atomic E-state index is 0.0238. The molecule has 0 atom stereocenters. The fourth-order valence-electron chi connectivity index (χ4n) is 3.40. The van der Waals surface area contributed by atoms with E-state index in [0.29, 0.717) is 34.9 Å². The van der Waals surface area contributed by atoms with Crippen LogP contribution in [0.1, 0.15) is 22.8 Å². The molecule has 6 nitrogen and oxygen atoms in total. The third-order valence-corrected chi connectivity index (χ3v) is 6.69. The molecule has 156 valence electrons. The summed E-state index contributed by atoms with van der Waals surface area (Å²) in [7, 11) is -3.52. The van der Waals surface area contributed by atoms with E-state index in [2.05, 4.69) is 11.8 Å². The Balaban J connectivity index is 1.77. The van der Waals surface area contributed by atoms with Crippen molar-refractivity contribution >= 4 is 33.2 Å². The maximum atomic E-state index is 12.8. The monoisotopic (exact) mass is 435 g/mol. The molecule has 0 radical (unpaired) electrons. The van der Waals surface area contributed by atoms with E-state index in [1.54, 1.807) is 42.5 Å². The smallest absolute Gasteiger partial charge is 0.253 e. The van der Waals surface area contributed by atoms with Gasteiger partial charge < -0.3 is 9.80 Å². The number of halogens is 1. The summed E-state index contributed by atoms with van der Waals surface area (Å²) in [5.74, 6) is -0.0238. The largest absolute Gasteiger partial charge is 0.336 e. The number of anilines is 1. The molecule has 1 aliphatic rings. The van der Waals surface area contributed by atoms with Crippen molar-refractivity contribution in [2.45, 2.75) is 13.5 Å². The highest BCUT2D eigenvalue weighted by Crippen LogP contribution is 2.25. The van der Waals surface area contributed by atoms with Crippen molar-refractivity contribution in [1.29, 1.82) is 0 Å². The first-order chi connectivity index (χ1) is 13.8. The molecule has 1 aliphatic heterocycles. The van der Waals surface area contributed by atoms with Crippen LogP contribution in [0.5, 0.6) is 0 Å². The molecule has 8 heteroatoms. The third kappa shape index (κ3) is 5.29. The van der Waals surface area contributed by atoms with Crippen LogP contribution in [-0.2, 0) is 16.6 Å². The van der Waals surface area contributed by atoms with Gasteiger partial charge in [-0.25, -0.2) is 8.42 Å². The molecule has 0 aliphatic carbocycles. The molecule has 0 bridgehead atoms. The summed E-state index contributed by atoms with van der Waals surface area (Å²) in [4.78, 5) is 16.9. The second kappa shape index (κ2) is 9.15. The fraction of sp³-hybridized carbons (Fsp3) is 0.381. The zero-order valence-electron chi connectivity index (χ0n) is 16.7. The van der Waals surface area contributed by atoms with E-state index >= 15 is 0 Å². The molecule has 0 saturated carbocycles. The first-order valence-electron chi connectivity index (χ1n) is 9.62. The van der Waals surface area contributed by atoms with Crippen molar-refractivity contribution < 1.29 is 13.2 Å². The van der Waals surface area contributed by atoms with Crippen molar-refractivity contribution in [2.24, 2.45) is 0 Å². The number of nitrogens with zero attached hydrogens (tertiary/aromatic N) is 3. The first kappa shape index (κ1) is 21.6. The Morgan fingerprint density at radius 3 is 2.21 bits per heavy atom. The van der Waals surface area contributed by atoms with Crippen LogP contribution in [0.25, 0.3) is 0 Å². The number of amides is 1. The highest BCUT2D eigenvalue weighted by molar-refractivity contribution is 7.92. The van der Waals surface area contributed by atoms with Crippen LogP contribution in [0.2, 0.25) is 5.02 Å². The van der Waals surface area contributed by atoms with E-state index in [9.17, 15) is 13.2 Å². The molecule has 2 aromatic carbocycles. The van der Waals surface area contributed by atoms with Crippen molar-refractivity contribution in [2.75, 3.05) is 43.3 Å². The van der Waals surface area contributed by atoms with E-state index in [-0.39, 0.29) is 12.5 Å². The van der Waals surface area contributed by atoms with E-state index in [0.717, 1.165) is 25.9 Å². The summed E-state index contributed by atoms with van der Waals surface area (Å²) in [6.07, 6.45) is 1.16. The summed E-state index contributed by atoms with van der Waals surface area (Å²) in [6, 6.07) is 13.9. The van der Waals surface area contributed by atoms with Crippen LogP contribution in [0.4, 0.5) is 5.69 Å². The van der Waals surface area contributed by atoms with Crippen molar-refractivity contribution in [3.63, 3.8) is 0 Å². The molecule has 0 spiro atoms. The van der Waals surface area contributed by atoms with Gasteiger partial charge in [-0.05, 0) is 42.4 Å². The minimum Gasteiger partial charge on any atom is -0.336 e. The first-order valence-corrected chi connectivity index (χ1v) is 11.8. The van der Waals surface area contributed by atoms with Crippen LogP contribution in [-0.4, -0.2) is 63.1 Å². The molecule has 2 aromatic rings. The lowest BCUT2D eigenvalue weighted by molar-refractivity contribution is 0.0643. The molecule has 3 rings (SSSR count). The number of carbonyl (C=O) groups excluding carboxylic acids is 1. The molecule has 1 fully saturated rings. The predicted molar refractivity (Wildman–Crippen MR) is 117 cm³/mol. The standard InChI is InChI=1S/C21H26ClN3O3S/c1-3-23-12-14-24(15-13-23)21(26)17-8-10-19(11-9-17)25(29(2,27)28)16-18-6-4-5-7-20(18)22/h4-11H,3,12-16H2,1-2H3.